The van der Waals surface area contributed by atoms with Gasteiger partial charge in [0.2, 0.25) is 11.8 Å². The van der Waals surface area contributed by atoms with Gasteiger partial charge in [0, 0.05) is 38.7 Å². The number of carbonyl (C=O) groups is 2. The number of amides is 2. The van der Waals surface area contributed by atoms with E-state index in [9.17, 15) is 9.59 Å². The molecule has 132 valence electrons. The van der Waals surface area contributed by atoms with Crippen LogP contribution < -0.4 is 10.1 Å². The monoisotopic (exact) mass is 333 g/mol. The molecule has 1 saturated heterocycles. The molecule has 6 nitrogen and oxygen atoms in total. The highest BCUT2D eigenvalue weighted by Gasteiger charge is 2.27. The minimum absolute atomic E-state index is 0.00955. The van der Waals surface area contributed by atoms with E-state index in [1.807, 2.05) is 43.0 Å². The van der Waals surface area contributed by atoms with Gasteiger partial charge in [-0.2, -0.15) is 0 Å². The number of piperazine rings is 1. The second-order valence-electron chi connectivity index (χ2n) is 6.19. The summed E-state index contributed by atoms with van der Waals surface area (Å²) in [6, 6.07) is 7.34. The third-order valence-electron chi connectivity index (χ3n) is 4.65. The minimum Gasteiger partial charge on any atom is -0.496 e. The van der Waals surface area contributed by atoms with Crippen molar-refractivity contribution in [2.75, 3.05) is 33.3 Å². The number of methoxy groups -OCH3 is 1. The van der Waals surface area contributed by atoms with Crippen LogP contribution in [0, 0.1) is 0 Å². The molecule has 2 amide bonds. The van der Waals surface area contributed by atoms with Crippen LogP contribution in [0.5, 0.6) is 5.75 Å². The Bertz CT molecular complexity index is 583. The lowest BCUT2D eigenvalue weighted by molar-refractivity contribution is -0.132. The number of benzene rings is 1. The molecule has 0 radical (unpaired) electrons. The van der Waals surface area contributed by atoms with Crippen LogP contribution in [0.2, 0.25) is 0 Å². The Balaban J connectivity index is 1.93. The van der Waals surface area contributed by atoms with Crippen LogP contribution in [-0.2, 0) is 9.59 Å². The summed E-state index contributed by atoms with van der Waals surface area (Å²) in [6.45, 7) is 8.24. The van der Waals surface area contributed by atoms with Crippen molar-refractivity contribution < 1.29 is 14.3 Å². The number of para-hydroxylation sites is 1. The Morgan fingerprint density at radius 1 is 1.12 bits per heavy atom. The Hall–Kier alpha value is -2.08. The van der Waals surface area contributed by atoms with E-state index in [1.165, 1.54) is 0 Å². The Labute approximate surface area is 143 Å². The molecule has 0 spiro atoms. The molecule has 1 fully saturated rings. The average molecular weight is 333 g/mol. The summed E-state index contributed by atoms with van der Waals surface area (Å²) in [5, 5.41) is 3.06. The zero-order chi connectivity index (χ0) is 17.7. The lowest BCUT2D eigenvalue weighted by Crippen LogP contribution is -2.54. The van der Waals surface area contributed by atoms with Gasteiger partial charge >= 0.3 is 0 Å². The highest BCUT2D eigenvalue weighted by Crippen LogP contribution is 2.24. The van der Waals surface area contributed by atoms with Gasteiger partial charge in [-0.15, -0.1) is 0 Å². The number of hydrogen-bond donors (Lipinski definition) is 1. The molecular weight excluding hydrogens is 306 g/mol. The minimum atomic E-state index is -0.226. The molecule has 1 aliphatic rings. The van der Waals surface area contributed by atoms with Crippen molar-refractivity contribution in [3.63, 3.8) is 0 Å². The zero-order valence-corrected chi connectivity index (χ0v) is 14.9. The topological polar surface area (TPSA) is 61.9 Å². The quantitative estimate of drug-likeness (QED) is 0.885. The van der Waals surface area contributed by atoms with Crippen molar-refractivity contribution in [3.8, 4) is 5.75 Å². The maximum absolute atomic E-state index is 12.6. The second kappa shape index (κ2) is 8.15. The Morgan fingerprint density at radius 3 is 2.33 bits per heavy atom. The van der Waals surface area contributed by atoms with Gasteiger partial charge in [0.15, 0.2) is 0 Å². The summed E-state index contributed by atoms with van der Waals surface area (Å²) in [7, 11) is 1.63. The van der Waals surface area contributed by atoms with Crippen LogP contribution in [0.25, 0.3) is 0 Å². The number of carbonyl (C=O) groups excluding carboxylic acids is 2. The van der Waals surface area contributed by atoms with Crippen molar-refractivity contribution >= 4 is 11.8 Å². The van der Waals surface area contributed by atoms with E-state index in [2.05, 4.69) is 10.2 Å². The molecule has 2 rings (SSSR count). The highest BCUT2D eigenvalue weighted by molar-refractivity contribution is 5.82. The average Bonchev–Trinajstić information content (AvgIpc) is 2.60. The molecule has 0 aliphatic carbocycles. The van der Waals surface area contributed by atoms with Gasteiger partial charge in [0.05, 0.1) is 19.2 Å². The van der Waals surface area contributed by atoms with Crippen molar-refractivity contribution in [1.29, 1.82) is 0 Å². The molecule has 6 heteroatoms. The molecule has 2 atom stereocenters. The van der Waals surface area contributed by atoms with Gasteiger partial charge in [0.25, 0.3) is 0 Å². The lowest BCUT2D eigenvalue weighted by atomic mass is 10.1. The first kappa shape index (κ1) is 18.3. The van der Waals surface area contributed by atoms with E-state index < -0.39 is 0 Å². The fourth-order valence-corrected chi connectivity index (χ4v) is 3.03. The first-order chi connectivity index (χ1) is 11.4. The van der Waals surface area contributed by atoms with Gasteiger partial charge in [0.1, 0.15) is 5.75 Å². The SMILES string of the molecule is COc1ccccc1C(C)NC(=O)C(C)N1CCN(C(C)=O)CC1. The van der Waals surface area contributed by atoms with E-state index in [-0.39, 0.29) is 23.9 Å². The van der Waals surface area contributed by atoms with Gasteiger partial charge in [-0.25, -0.2) is 0 Å². The lowest BCUT2D eigenvalue weighted by Gasteiger charge is -2.37. The molecule has 2 unspecified atom stereocenters. The zero-order valence-electron chi connectivity index (χ0n) is 14.9. The fraction of sp³-hybridized carbons (Fsp3) is 0.556. The van der Waals surface area contributed by atoms with Gasteiger partial charge in [-0.05, 0) is 19.9 Å². The van der Waals surface area contributed by atoms with E-state index in [4.69, 9.17) is 4.74 Å². The van der Waals surface area contributed by atoms with E-state index in [1.54, 1.807) is 14.0 Å². The molecule has 1 N–H and O–H groups in total. The first-order valence-electron chi connectivity index (χ1n) is 8.37. The Kier molecular flexibility index (Phi) is 6.20. The number of nitrogens with zero attached hydrogens (tertiary/aromatic N) is 2. The molecular formula is C18H27N3O3. The summed E-state index contributed by atoms with van der Waals surface area (Å²) >= 11 is 0. The molecule has 1 aromatic rings. The third-order valence-corrected chi connectivity index (χ3v) is 4.65. The summed E-state index contributed by atoms with van der Waals surface area (Å²) < 4.78 is 5.36. The maximum Gasteiger partial charge on any atom is 0.237 e. The number of hydrogen-bond acceptors (Lipinski definition) is 4. The maximum atomic E-state index is 12.6. The normalized spacial score (nSPS) is 17.9. The van der Waals surface area contributed by atoms with Gasteiger partial charge in [-0.3, -0.25) is 14.5 Å². The van der Waals surface area contributed by atoms with Gasteiger partial charge in [-0.1, -0.05) is 18.2 Å². The van der Waals surface area contributed by atoms with E-state index in [0.717, 1.165) is 24.4 Å². The van der Waals surface area contributed by atoms with Crippen molar-refractivity contribution in [3.05, 3.63) is 29.8 Å². The Morgan fingerprint density at radius 2 is 1.75 bits per heavy atom. The first-order valence-corrected chi connectivity index (χ1v) is 8.37. The predicted octanol–water partition coefficient (Wildman–Crippen LogP) is 1.42. The van der Waals surface area contributed by atoms with E-state index >= 15 is 0 Å². The van der Waals surface area contributed by atoms with Crippen LogP contribution in [0.3, 0.4) is 0 Å². The summed E-state index contributed by atoms with van der Waals surface area (Å²) in [5.41, 5.74) is 0.960. The number of nitrogens with one attached hydrogen (secondary N) is 1. The number of rotatable bonds is 5. The van der Waals surface area contributed by atoms with Crippen LogP contribution in [0.1, 0.15) is 32.4 Å². The molecule has 0 saturated carbocycles. The standard InChI is InChI=1S/C18H27N3O3/c1-13(16-7-5-6-8-17(16)24-4)19-18(23)14(2)20-9-11-21(12-10-20)15(3)22/h5-8,13-14H,9-12H2,1-4H3,(H,19,23). The third kappa shape index (κ3) is 4.26. The molecule has 1 aromatic carbocycles. The van der Waals surface area contributed by atoms with Crippen molar-refractivity contribution in [2.45, 2.75) is 32.9 Å². The smallest absolute Gasteiger partial charge is 0.237 e. The molecule has 1 aliphatic heterocycles. The summed E-state index contributed by atoms with van der Waals surface area (Å²) in [6.07, 6.45) is 0. The van der Waals surface area contributed by atoms with Crippen LogP contribution in [0.4, 0.5) is 0 Å². The van der Waals surface area contributed by atoms with Gasteiger partial charge < -0.3 is 15.0 Å². The molecule has 1 heterocycles. The van der Waals surface area contributed by atoms with Crippen molar-refractivity contribution in [2.24, 2.45) is 0 Å². The van der Waals surface area contributed by atoms with Crippen LogP contribution in [0.15, 0.2) is 24.3 Å². The summed E-state index contributed by atoms with van der Waals surface area (Å²) in [5.74, 6) is 0.856. The van der Waals surface area contributed by atoms with Crippen LogP contribution >= 0.6 is 0 Å². The fourth-order valence-electron chi connectivity index (χ4n) is 3.03. The second-order valence-corrected chi connectivity index (χ2v) is 6.19. The molecule has 24 heavy (non-hydrogen) atoms. The molecule has 0 bridgehead atoms. The molecule has 0 aromatic heterocycles. The summed E-state index contributed by atoms with van der Waals surface area (Å²) in [4.78, 5) is 27.9. The predicted molar refractivity (Wildman–Crippen MR) is 92.8 cm³/mol. The highest BCUT2D eigenvalue weighted by atomic mass is 16.5. The van der Waals surface area contributed by atoms with Crippen LogP contribution in [-0.4, -0.2) is 60.9 Å². The number of ether oxygens (including phenoxy) is 1. The van der Waals surface area contributed by atoms with E-state index in [0.29, 0.717) is 13.1 Å². The van der Waals surface area contributed by atoms with Crippen molar-refractivity contribution in [1.82, 2.24) is 15.1 Å². The largest absolute Gasteiger partial charge is 0.496 e.